The van der Waals surface area contributed by atoms with Crippen molar-refractivity contribution in [2.24, 2.45) is 0 Å². The van der Waals surface area contributed by atoms with E-state index in [4.69, 9.17) is 28.4 Å². The number of esters is 4. The highest BCUT2D eigenvalue weighted by atomic mass is 16.5. The second kappa shape index (κ2) is 20.9. The number of hydrogen-bond acceptors (Lipinski definition) is 10. The third-order valence-corrected chi connectivity index (χ3v) is 8.75. The van der Waals surface area contributed by atoms with Crippen LogP contribution in [-0.4, -0.2) is 50.3 Å². The van der Waals surface area contributed by atoms with Gasteiger partial charge >= 0.3 is 23.9 Å². The van der Waals surface area contributed by atoms with Gasteiger partial charge in [0.05, 0.1) is 37.6 Å². The highest BCUT2D eigenvalue weighted by Crippen LogP contribution is 2.29. The van der Waals surface area contributed by atoms with Crippen LogP contribution < -0.4 is 18.9 Å². The summed E-state index contributed by atoms with van der Waals surface area (Å²) in [6, 6.07) is 27.0. The first-order valence-corrected chi connectivity index (χ1v) is 18.7. The predicted molar refractivity (Wildman–Crippen MR) is 215 cm³/mol. The highest BCUT2D eigenvalue weighted by molar-refractivity contribution is 5.98. The minimum Gasteiger partial charge on any atom is -0.494 e. The van der Waals surface area contributed by atoms with Crippen molar-refractivity contribution in [2.75, 3.05) is 26.4 Å². The molecule has 0 aromatic heterocycles. The van der Waals surface area contributed by atoms with E-state index >= 15 is 0 Å². The van der Waals surface area contributed by atoms with E-state index in [9.17, 15) is 19.2 Å². The predicted octanol–water partition coefficient (Wildman–Crippen LogP) is 9.55. The van der Waals surface area contributed by atoms with E-state index in [0.29, 0.717) is 61.0 Å². The van der Waals surface area contributed by atoms with Gasteiger partial charge in [-0.25, -0.2) is 19.2 Å². The molecule has 0 spiro atoms. The van der Waals surface area contributed by atoms with Crippen LogP contribution in [0.15, 0.2) is 116 Å². The molecule has 0 aliphatic carbocycles. The number of carbonyl (C=O) groups is 4. The number of benzene rings is 5. The number of aryl methyl sites for hydroxylation is 1. The third-order valence-electron chi connectivity index (χ3n) is 8.75. The summed E-state index contributed by atoms with van der Waals surface area (Å²) in [6.45, 7) is 10.4. The Morgan fingerprint density at radius 1 is 0.518 bits per heavy atom. The number of fused-ring (bicyclic) bond motifs is 2. The average molecular weight is 759 g/mol. The molecule has 0 radical (unpaired) electrons. The first-order valence-electron chi connectivity index (χ1n) is 18.7. The minimum atomic E-state index is -0.506. The molecule has 0 saturated carbocycles. The largest absolute Gasteiger partial charge is 0.494 e. The Bertz CT molecular complexity index is 2190. The van der Waals surface area contributed by atoms with Crippen molar-refractivity contribution in [2.45, 2.75) is 51.9 Å². The van der Waals surface area contributed by atoms with Crippen molar-refractivity contribution in [3.8, 4) is 23.0 Å². The van der Waals surface area contributed by atoms with Crippen LogP contribution in [0.4, 0.5) is 0 Å². The molecule has 0 unspecified atom stereocenters. The van der Waals surface area contributed by atoms with E-state index in [1.165, 1.54) is 0 Å². The number of ether oxygens (including phenoxy) is 6. The summed E-state index contributed by atoms with van der Waals surface area (Å²) < 4.78 is 33.3. The van der Waals surface area contributed by atoms with Gasteiger partial charge in [0, 0.05) is 18.6 Å². The maximum absolute atomic E-state index is 13.3. The number of carbonyl (C=O) groups excluding carboxylic acids is 4. The van der Waals surface area contributed by atoms with E-state index in [-0.39, 0.29) is 6.61 Å². The molecule has 10 nitrogen and oxygen atoms in total. The fourth-order valence-corrected chi connectivity index (χ4v) is 5.85. The second-order valence-corrected chi connectivity index (χ2v) is 13.0. The Balaban J connectivity index is 1.13. The summed E-state index contributed by atoms with van der Waals surface area (Å²) in [5.41, 5.74) is 1.53. The summed E-state index contributed by atoms with van der Waals surface area (Å²) in [6.07, 6.45) is 7.81. The van der Waals surface area contributed by atoms with E-state index in [2.05, 4.69) is 13.2 Å². The van der Waals surface area contributed by atoms with Crippen molar-refractivity contribution >= 4 is 45.4 Å². The maximum atomic E-state index is 13.3. The number of rotatable bonds is 21. The van der Waals surface area contributed by atoms with E-state index in [1.807, 2.05) is 55.5 Å². The molecule has 0 saturated heterocycles. The van der Waals surface area contributed by atoms with Crippen molar-refractivity contribution in [1.29, 1.82) is 0 Å². The van der Waals surface area contributed by atoms with Crippen LogP contribution in [0.5, 0.6) is 23.0 Å². The molecule has 0 N–H and O–H groups in total. The maximum Gasteiger partial charge on any atom is 0.343 e. The highest BCUT2D eigenvalue weighted by Gasteiger charge is 2.16. The SMILES string of the molecule is C=CC(=O)OCCCCCCOc1ccc2cc(C(=O)Oc3ccc(OC(=O)c4ccc5cc(OCCCOC(=O)C=C)ccc5c4)c(CCC)c3)ccc2c1. The summed E-state index contributed by atoms with van der Waals surface area (Å²) in [7, 11) is 0. The smallest absolute Gasteiger partial charge is 0.343 e. The Kier molecular flexibility index (Phi) is 15.2. The molecule has 5 aromatic carbocycles. The van der Waals surface area contributed by atoms with Crippen LogP contribution in [0.25, 0.3) is 21.5 Å². The van der Waals surface area contributed by atoms with Gasteiger partial charge in [-0.15, -0.1) is 0 Å². The Morgan fingerprint density at radius 3 is 1.57 bits per heavy atom. The van der Waals surface area contributed by atoms with Crippen LogP contribution in [-0.2, 0) is 25.5 Å². The van der Waals surface area contributed by atoms with Gasteiger partial charge in [-0.2, -0.15) is 0 Å². The molecule has 5 rings (SSSR count). The first kappa shape index (κ1) is 40.8. The first-order chi connectivity index (χ1) is 27.3. The molecule has 0 aliphatic rings. The summed E-state index contributed by atoms with van der Waals surface area (Å²) in [5, 5.41) is 3.54. The van der Waals surface area contributed by atoms with E-state index in [1.54, 1.807) is 42.5 Å². The van der Waals surface area contributed by atoms with Gasteiger partial charge in [0.1, 0.15) is 23.0 Å². The monoisotopic (exact) mass is 758 g/mol. The van der Waals surface area contributed by atoms with Gasteiger partial charge in [0.25, 0.3) is 0 Å². The molecule has 0 amide bonds. The lowest BCUT2D eigenvalue weighted by atomic mass is 10.1. The van der Waals surface area contributed by atoms with Crippen molar-refractivity contribution < 1.29 is 47.6 Å². The summed E-state index contributed by atoms with van der Waals surface area (Å²) in [5.74, 6) is 0.286. The molecule has 290 valence electrons. The molecule has 10 heteroatoms. The zero-order valence-corrected chi connectivity index (χ0v) is 31.6. The lowest BCUT2D eigenvalue weighted by Crippen LogP contribution is -2.11. The van der Waals surface area contributed by atoms with Crippen LogP contribution in [0.2, 0.25) is 0 Å². The number of unbranched alkanes of at least 4 members (excludes halogenated alkanes) is 3. The Morgan fingerprint density at radius 2 is 1.00 bits per heavy atom. The van der Waals surface area contributed by atoms with Gasteiger partial charge in [-0.1, -0.05) is 50.8 Å². The minimum absolute atomic E-state index is 0.242. The van der Waals surface area contributed by atoms with Crippen LogP contribution in [0.3, 0.4) is 0 Å². The molecule has 0 heterocycles. The molecule has 0 fully saturated rings. The van der Waals surface area contributed by atoms with Crippen molar-refractivity contribution in [3.63, 3.8) is 0 Å². The molecule has 0 aliphatic heterocycles. The van der Waals surface area contributed by atoms with E-state index < -0.39 is 23.9 Å². The lowest BCUT2D eigenvalue weighted by Gasteiger charge is -2.13. The van der Waals surface area contributed by atoms with Crippen molar-refractivity contribution in [3.05, 3.63) is 133 Å². The second-order valence-electron chi connectivity index (χ2n) is 13.0. The van der Waals surface area contributed by atoms with Gasteiger partial charge in [0.2, 0.25) is 0 Å². The lowest BCUT2D eigenvalue weighted by molar-refractivity contribution is -0.138. The van der Waals surface area contributed by atoms with Gasteiger partial charge in [-0.05, 0) is 126 Å². The van der Waals surface area contributed by atoms with E-state index in [0.717, 1.165) is 77.1 Å². The molecular formula is C46H46O10. The standard InChI is InChI=1S/C46H46O10/c1-4-12-36-31-41(55-45(49)37-15-13-34-29-39(19-17-32(34)27-37)51-23-9-7-8-10-24-53-43(47)5-2)21-22-42(36)56-46(50)38-16-14-35-30-40(20-18-33(35)28-38)52-25-11-26-54-44(48)6-3/h5-6,13-22,27-31H,2-4,7-12,23-26H2,1H3. The quantitative estimate of drug-likeness (QED) is 0.0309. The Labute approximate surface area is 326 Å². The molecule has 5 aromatic rings. The van der Waals surface area contributed by atoms with Crippen LogP contribution in [0.1, 0.15) is 71.7 Å². The summed E-state index contributed by atoms with van der Waals surface area (Å²) >= 11 is 0. The zero-order valence-electron chi connectivity index (χ0n) is 31.6. The topological polar surface area (TPSA) is 124 Å². The molecule has 56 heavy (non-hydrogen) atoms. The average Bonchev–Trinajstić information content (AvgIpc) is 3.21. The van der Waals surface area contributed by atoms with Gasteiger partial charge in [-0.3, -0.25) is 0 Å². The normalized spacial score (nSPS) is 10.7. The zero-order chi connectivity index (χ0) is 39.7. The third kappa shape index (κ3) is 12.0. The van der Waals surface area contributed by atoms with Crippen LogP contribution in [0, 0.1) is 0 Å². The molecule has 0 atom stereocenters. The number of hydrogen-bond donors (Lipinski definition) is 0. The Hall–Kier alpha value is -6.42. The van der Waals surface area contributed by atoms with Gasteiger partial charge in [0.15, 0.2) is 0 Å². The molecular weight excluding hydrogens is 712 g/mol. The van der Waals surface area contributed by atoms with Crippen molar-refractivity contribution in [1.82, 2.24) is 0 Å². The fraction of sp³-hybridized carbons (Fsp3) is 0.261. The molecule has 0 bridgehead atoms. The summed E-state index contributed by atoms with van der Waals surface area (Å²) in [4.78, 5) is 48.7. The fourth-order valence-electron chi connectivity index (χ4n) is 5.85. The van der Waals surface area contributed by atoms with Crippen LogP contribution >= 0.6 is 0 Å². The van der Waals surface area contributed by atoms with Gasteiger partial charge < -0.3 is 28.4 Å².